The second-order valence-corrected chi connectivity index (χ2v) is 8.00. The van der Waals surface area contributed by atoms with E-state index in [4.69, 9.17) is 4.74 Å². The molecule has 0 N–H and O–H groups in total. The van der Waals surface area contributed by atoms with Gasteiger partial charge in [-0.15, -0.1) is 6.58 Å². The number of amides is 2. The monoisotopic (exact) mass is 391 g/mol. The molecule has 0 bridgehead atoms. The van der Waals surface area contributed by atoms with E-state index in [0.29, 0.717) is 18.8 Å². The molecule has 29 heavy (non-hydrogen) atoms. The van der Waals surface area contributed by atoms with E-state index in [2.05, 4.69) is 20.4 Å². The number of benzene rings is 2. The molecule has 2 aromatic carbocycles. The number of ether oxygens (including phenoxy) is 1. The summed E-state index contributed by atoms with van der Waals surface area (Å²) in [5, 5.41) is 0. The molecule has 4 heteroatoms. The summed E-state index contributed by atoms with van der Waals surface area (Å²) in [7, 11) is 0. The Hall–Kier alpha value is -2.88. The van der Waals surface area contributed by atoms with Gasteiger partial charge in [0.1, 0.15) is 6.61 Å². The minimum absolute atomic E-state index is 0.142. The summed E-state index contributed by atoms with van der Waals surface area (Å²) in [5.41, 5.74) is 2.12. The number of cyclic esters (lactones) is 1. The summed E-state index contributed by atoms with van der Waals surface area (Å²) in [6.45, 7) is 8.16. The molecule has 1 heterocycles. The van der Waals surface area contributed by atoms with Crippen molar-refractivity contribution in [3.8, 4) is 0 Å². The summed E-state index contributed by atoms with van der Waals surface area (Å²) in [5.74, 6) is -0.230. The maximum absolute atomic E-state index is 13.4. The van der Waals surface area contributed by atoms with Crippen molar-refractivity contribution in [1.29, 1.82) is 0 Å². The van der Waals surface area contributed by atoms with E-state index in [9.17, 15) is 9.59 Å². The molecule has 1 aliphatic heterocycles. The predicted molar refractivity (Wildman–Crippen MR) is 114 cm³/mol. The maximum Gasteiger partial charge on any atom is 0.417 e. The molecule has 0 aliphatic carbocycles. The second-order valence-electron chi connectivity index (χ2n) is 8.00. The molecule has 0 aromatic heterocycles. The normalized spacial score (nSPS) is 17.4. The van der Waals surface area contributed by atoms with E-state index in [0.717, 1.165) is 11.1 Å². The Morgan fingerprint density at radius 3 is 2.14 bits per heavy atom. The third-order valence-corrected chi connectivity index (χ3v) is 5.40. The van der Waals surface area contributed by atoms with Crippen LogP contribution in [-0.2, 0) is 9.53 Å². The Kier molecular flexibility index (Phi) is 6.86. The predicted octanol–water partition coefficient (Wildman–Crippen LogP) is 5.40. The largest absolute Gasteiger partial charge is 0.447 e. The number of hydrogen-bond donors (Lipinski definition) is 0. The van der Waals surface area contributed by atoms with Gasteiger partial charge < -0.3 is 4.74 Å². The van der Waals surface area contributed by atoms with Gasteiger partial charge in [0, 0.05) is 11.8 Å². The van der Waals surface area contributed by atoms with Crippen LogP contribution in [0.25, 0.3) is 0 Å². The maximum atomic E-state index is 13.4. The summed E-state index contributed by atoms with van der Waals surface area (Å²) in [6, 6.07) is 19.6. The highest BCUT2D eigenvalue weighted by Crippen LogP contribution is 2.35. The van der Waals surface area contributed by atoms with Crippen LogP contribution in [0.5, 0.6) is 0 Å². The SMILES string of the molecule is C=CC[C@H](CC(C)C)C(=O)N1C(=O)OC[C@H]1C(c1ccccc1)c1ccccc1. The van der Waals surface area contributed by atoms with E-state index >= 15 is 0 Å². The lowest BCUT2D eigenvalue weighted by Gasteiger charge is -2.31. The Bertz CT molecular complexity index is 792. The summed E-state index contributed by atoms with van der Waals surface area (Å²) >= 11 is 0. The van der Waals surface area contributed by atoms with E-state index in [1.165, 1.54) is 4.90 Å². The van der Waals surface area contributed by atoms with Gasteiger partial charge in [0.15, 0.2) is 0 Å². The molecule has 2 aromatic rings. The summed E-state index contributed by atoms with van der Waals surface area (Å²) in [4.78, 5) is 27.4. The Morgan fingerprint density at radius 1 is 1.10 bits per heavy atom. The van der Waals surface area contributed by atoms with Crippen LogP contribution < -0.4 is 0 Å². The average Bonchev–Trinajstić information content (AvgIpc) is 3.09. The van der Waals surface area contributed by atoms with Crippen LogP contribution in [0.15, 0.2) is 73.3 Å². The summed E-state index contributed by atoms with van der Waals surface area (Å²) < 4.78 is 5.40. The molecule has 1 fully saturated rings. The molecule has 1 aliphatic rings. The van der Waals surface area contributed by atoms with E-state index in [1.54, 1.807) is 6.08 Å². The molecule has 3 rings (SSSR count). The van der Waals surface area contributed by atoms with Crippen molar-refractivity contribution in [1.82, 2.24) is 4.90 Å². The number of carbonyl (C=O) groups is 2. The standard InChI is InChI=1S/C25H29NO3/c1-4-11-21(16-18(2)3)24(27)26-22(17-29-25(26)28)23(19-12-7-5-8-13-19)20-14-9-6-10-15-20/h4-10,12-15,18,21-23H,1,11,16-17H2,2-3H3/t21-,22+/m1/s1. The molecule has 0 unspecified atom stereocenters. The van der Waals surface area contributed by atoms with Crippen LogP contribution in [0.3, 0.4) is 0 Å². The van der Waals surface area contributed by atoms with Crippen LogP contribution in [0.4, 0.5) is 4.79 Å². The Morgan fingerprint density at radius 2 is 1.66 bits per heavy atom. The van der Waals surface area contributed by atoms with Crippen LogP contribution in [0.1, 0.15) is 43.7 Å². The van der Waals surface area contributed by atoms with Crippen molar-refractivity contribution < 1.29 is 14.3 Å². The van der Waals surface area contributed by atoms with E-state index in [1.807, 2.05) is 60.7 Å². The van der Waals surface area contributed by atoms with Gasteiger partial charge in [-0.05, 0) is 29.9 Å². The highest BCUT2D eigenvalue weighted by Gasteiger charge is 2.45. The molecule has 152 valence electrons. The molecule has 1 saturated heterocycles. The van der Waals surface area contributed by atoms with Crippen molar-refractivity contribution in [3.05, 3.63) is 84.4 Å². The molecular formula is C25H29NO3. The lowest BCUT2D eigenvalue weighted by molar-refractivity contribution is -0.134. The van der Waals surface area contributed by atoms with Gasteiger partial charge in [0.05, 0.1) is 6.04 Å². The highest BCUT2D eigenvalue weighted by molar-refractivity contribution is 5.95. The van der Waals surface area contributed by atoms with Crippen molar-refractivity contribution in [2.75, 3.05) is 6.61 Å². The Labute approximate surface area is 173 Å². The van der Waals surface area contributed by atoms with Gasteiger partial charge in [0.2, 0.25) is 5.91 Å². The zero-order chi connectivity index (χ0) is 20.8. The first-order valence-corrected chi connectivity index (χ1v) is 10.2. The quantitative estimate of drug-likeness (QED) is 0.566. The van der Waals surface area contributed by atoms with Gasteiger partial charge >= 0.3 is 6.09 Å². The number of nitrogens with zero attached hydrogens (tertiary/aromatic N) is 1. The van der Waals surface area contributed by atoms with Crippen molar-refractivity contribution >= 4 is 12.0 Å². The second kappa shape index (κ2) is 9.55. The van der Waals surface area contributed by atoms with Crippen LogP contribution in [-0.4, -0.2) is 29.5 Å². The van der Waals surface area contributed by atoms with Crippen LogP contribution >= 0.6 is 0 Å². The first kappa shape index (κ1) is 20.8. The molecule has 0 spiro atoms. The number of carbonyl (C=O) groups excluding carboxylic acids is 2. The minimum Gasteiger partial charge on any atom is -0.447 e. The number of imide groups is 1. The molecule has 0 radical (unpaired) electrons. The van der Waals surface area contributed by atoms with E-state index < -0.39 is 6.09 Å². The fourth-order valence-corrected chi connectivity index (χ4v) is 4.16. The topological polar surface area (TPSA) is 46.6 Å². The zero-order valence-electron chi connectivity index (χ0n) is 17.2. The van der Waals surface area contributed by atoms with Crippen molar-refractivity contribution in [2.24, 2.45) is 11.8 Å². The van der Waals surface area contributed by atoms with Crippen molar-refractivity contribution in [2.45, 2.75) is 38.6 Å². The average molecular weight is 392 g/mol. The third kappa shape index (κ3) is 4.76. The molecule has 2 atom stereocenters. The van der Waals surface area contributed by atoms with E-state index in [-0.39, 0.29) is 30.4 Å². The summed E-state index contributed by atoms with van der Waals surface area (Å²) in [6.07, 6.45) is 2.47. The highest BCUT2D eigenvalue weighted by atomic mass is 16.6. The van der Waals surface area contributed by atoms with Gasteiger partial charge in [0.25, 0.3) is 0 Å². The zero-order valence-corrected chi connectivity index (χ0v) is 17.2. The minimum atomic E-state index is -0.547. The van der Waals surface area contributed by atoms with Crippen LogP contribution in [0, 0.1) is 11.8 Å². The molecule has 4 nitrogen and oxygen atoms in total. The Balaban J connectivity index is 1.99. The lowest BCUT2D eigenvalue weighted by Crippen LogP contribution is -2.45. The fourth-order valence-electron chi connectivity index (χ4n) is 4.16. The number of rotatable bonds is 8. The number of allylic oxidation sites excluding steroid dienone is 1. The molecule has 2 amide bonds. The van der Waals surface area contributed by atoms with Gasteiger partial charge in [-0.25, -0.2) is 9.69 Å². The number of hydrogen-bond acceptors (Lipinski definition) is 3. The van der Waals surface area contributed by atoms with Crippen molar-refractivity contribution in [3.63, 3.8) is 0 Å². The first-order chi connectivity index (χ1) is 14.0. The van der Waals surface area contributed by atoms with Gasteiger partial charge in [-0.1, -0.05) is 80.6 Å². The van der Waals surface area contributed by atoms with Gasteiger partial charge in [-0.2, -0.15) is 0 Å². The third-order valence-electron chi connectivity index (χ3n) is 5.40. The van der Waals surface area contributed by atoms with Gasteiger partial charge in [-0.3, -0.25) is 4.79 Å². The smallest absolute Gasteiger partial charge is 0.417 e. The van der Waals surface area contributed by atoms with Crippen LogP contribution in [0.2, 0.25) is 0 Å². The first-order valence-electron chi connectivity index (χ1n) is 10.2. The fraction of sp³-hybridized carbons (Fsp3) is 0.360. The molecular weight excluding hydrogens is 362 g/mol. The lowest BCUT2D eigenvalue weighted by atomic mass is 9.84. The molecule has 0 saturated carbocycles.